The molecule has 2 aromatic carbocycles. The smallest absolute Gasteiger partial charge is 0.276 e. The second kappa shape index (κ2) is 12.1. The molecule has 0 heterocycles. The first-order valence-electron chi connectivity index (χ1n) is 9.76. The molecule has 0 unspecified atom stereocenters. The van der Waals surface area contributed by atoms with Crippen molar-refractivity contribution in [2.45, 2.75) is 27.2 Å². The molecular formula is C22H26ClN3O4S. The molecule has 2 rings (SSSR count). The zero-order chi connectivity index (χ0) is 22.8. The number of amides is 2. The lowest BCUT2D eigenvalue weighted by Crippen LogP contribution is -2.49. The van der Waals surface area contributed by atoms with E-state index in [-0.39, 0.29) is 11.7 Å². The van der Waals surface area contributed by atoms with Crippen molar-refractivity contribution in [1.29, 1.82) is 0 Å². The summed E-state index contributed by atoms with van der Waals surface area (Å²) in [5.74, 6) is 0.767. The van der Waals surface area contributed by atoms with Gasteiger partial charge in [0, 0.05) is 10.6 Å². The third-order valence-electron chi connectivity index (χ3n) is 4.10. The molecule has 0 aliphatic heterocycles. The Morgan fingerprint density at radius 2 is 1.81 bits per heavy atom. The number of hydrogen-bond acceptors (Lipinski definition) is 5. The monoisotopic (exact) mass is 463 g/mol. The highest BCUT2D eigenvalue weighted by Gasteiger charge is 2.10. The van der Waals surface area contributed by atoms with Gasteiger partial charge in [-0.15, -0.1) is 0 Å². The molecule has 2 amide bonds. The number of hydrogen-bond donors (Lipinski definition) is 3. The van der Waals surface area contributed by atoms with Crippen molar-refractivity contribution >= 4 is 40.7 Å². The predicted molar refractivity (Wildman–Crippen MR) is 124 cm³/mol. The summed E-state index contributed by atoms with van der Waals surface area (Å²) in [6.07, 6.45) is 0.922. The lowest BCUT2D eigenvalue weighted by atomic mass is 10.1. The molecule has 0 bridgehead atoms. The predicted octanol–water partition coefficient (Wildman–Crippen LogP) is 3.79. The maximum Gasteiger partial charge on any atom is 0.276 e. The van der Waals surface area contributed by atoms with Crippen LogP contribution in [-0.4, -0.2) is 30.1 Å². The highest BCUT2D eigenvalue weighted by molar-refractivity contribution is 7.80. The largest absolute Gasteiger partial charge is 0.494 e. The molecule has 0 radical (unpaired) electrons. The van der Waals surface area contributed by atoms with Gasteiger partial charge in [-0.25, -0.2) is 0 Å². The molecule has 0 spiro atoms. The third-order valence-corrected chi connectivity index (χ3v) is 4.73. The van der Waals surface area contributed by atoms with Gasteiger partial charge in [0.1, 0.15) is 11.5 Å². The van der Waals surface area contributed by atoms with Gasteiger partial charge in [-0.05, 0) is 73.4 Å². The first kappa shape index (κ1) is 24.4. The Balaban J connectivity index is 1.75. The van der Waals surface area contributed by atoms with Crippen LogP contribution in [0.2, 0.25) is 5.02 Å². The molecule has 0 saturated carbocycles. The lowest BCUT2D eigenvalue weighted by Gasteiger charge is -2.12. The van der Waals surface area contributed by atoms with Crippen LogP contribution in [-0.2, 0) is 4.79 Å². The van der Waals surface area contributed by atoms with E-state index in [0.717, 1.165) is 12.0 Å². The Morgan fingerprint density at radius 1 is 1.06 bits per heavy atom. The van der Waals surface area contributed by atoms with Gasteiger partial charge in [-0.1, -0.05) is 31.5 Å². The van der Waals surface area contributed by atoms with Crippen LogP contribution in [0.25, 0.3) is 0 Å². The van der Waals surface area contributed by atoms with Gasteiger partial charge in [-0.3, -0.25) is 25.8 Å². The normalized spacial score (nSPS) is 10.4. The van der Waals surface area contributed by atoms with Crippen LogP contribution in [0, 0.1) is 12.8 Å². The van der Waals surface area contributed by atoms with Crippen molar-refractivity contribution in [1.82, 2.24) is 16.2 Å². The SMILES string of the molecule is Cc1cc(OCC(=O)NNC(=S)NC(=O)c2cccc(OCCC(C)C)c2)ccc1Cl. The first-order valence-corrected chi connectivity index (χ1v) is 10.5. The summed E-state index contributed by atoms with van der Waals surface area (Å²) in [5, 5.41) is 3.06. The van der Waals surface area contributed by atoms with Crippen molar-refractivity contribution in [2.75, 3.05) is 13.2 Å². The van der Waals surface area contributed by atoms with Gasteiger partial charge in [0.05, 0.1) is 6.61 Å². The Labute approximate surface area is 192 Å². The van der Waals surface area contributed by atoms with E-state index < -0.39 is 11.8 Å². The topological polar surface area (TPSA) is 88.7 Å². The minimum absolute atomic E-state index is 0.0492. The molecule has 0 saturated heterocycles. The number of carbonyl (C=O) groups is 2. The van der Waals surface area contributed by atoms with Gasteiger partial charge in [0.2, 0.25) is 0 Å². The Bertz CT molecular complexity index is 937. The quantitative estimate of drug-likeness (QED) is 0.408. The number of ether oxygens (including phenoxy) is 2. The summed E-state index contributed by atoms with van der Waals surface area (Å²) >= 11 is 11.0. The molecule has 31 heavy (non-hydrogen) atoms. The average molecular weight is 464 g/mol. The minimum Gasteiger partial charge on any atom is -0.494 e. The summed E-state index contributed by atoms with van der Waals surface area (Å²) < 4.78 is 11.1. The van der Waals surface area contributed by atoms with Gasteiger partial charge >= 0.3 is 0 Å². The molecule has 166 valence electrons. The number of aryl methyl sites for hydroxylation is 1. The highest BCUT2D eigenvalue weighted by Crippen LogP contribution is 2.20. The van der Waals surface area contributed by atoms with E-state index in [2.05, 4.69) is 30.0 Å². The highest BCUT2D eigenvalue weighted by atomic mass is 35.5. The van der Waals surface area contributed by atoms with Gasteiger partial charge in [0.15, 0.2) is 11.7 Å². The minimum atomic E-state index is -0.468. The van der Waals surface area contributed by atoms with Crippen LogP contribution in [0.4, 0.5) is 0 Å². The van der Waals surface area contributed by atoms with Gasteiger partial charge in [0.25, 0.3) is 11.8 Å². The van der Waals surface area contributed by atoms with Crippen molar-refractivity contribution in [3.8, 4) is 11.5 Å². The van der Waals surface area contributed by atoms with Crippen molar-refractivity contribution in [2.24, 2.45) is 5.92 Å². The number of thiocarbonyl (C=S) groups is 1. The summed E-state index contributed by atoms with van der Waals surface area (Å²) in [6.45, 7) is 6.41. The summed E-state index contributed by atoms with van der Waals surface area (Å²) in [5.41, 5.74) is 6.06. The zero-order valence-corrected chi connectivity index (χ0v) is 19.2. The van der Waals surface area contributed by atoms with Crippen LogP contribution in [0.1, 0.15) is 36.2 Å². The molecule has 7 nitrogen and oxygen atoms in total. The van der Waals surface area contributed by atoms with Crippen LogP contribution >= 0.6 is 23.8 Å². The van der Waals surface area contributed by atoms with Crippen molar-refractivity contribution in [3.63, 3.8) is 0 Å². The molecule has 3 N–H and O–H groups in total. The van der Waals surface area contributed by atoms with E-state index in [9.17, 15) is 9.59 Å². The fourth-order valence-electron chi connectivity index (χ4n) is 2.36. The molecule has 0 aromatic heterocycles. The Kier molecular flexibility index (Phi) is 9.55. The molecule has 0 fully saturated rings. The van der Waals surface area contributed by atoms with Crippen LogP contribution in [0.3, 0.4) is 0 Å². The summed E-state index contributed by atoms with van der Waals surface area (Å²) in [4.78, 5) is 24.3. The fraction of sp³-hybridized carbons (Fsp3) is 0.318. The summed E-state index contributed by atoms with van der Waals surface area (Å²) in [7, 11) is 0. The maximum absolute atomic E-state index is 12.4. The summed E-state index contributed by atoms with van der Waals surface area (Å²) in [6, 6.07) is 11.9. The Morgan fingerprint density at radius 3 is 2.52 bits per heavy atom. The van der Waals surface area contributed by atoms with Crippen molar-refractivity contribution < 1.29 is 19.1 Å². The number of benzene rings is 2. The maximum atomic E-state index is 12.4. The number of halogens is 1. The molecule has 9 heteroatoms. The van der Waals surface area contributed by atoms with Crippen LogP contribution < -0.4 is 25.6 Å². The molecular weight excluding hydrogens is 438 g/mol. The molecule has 0 aliphatic rings. The van der Waals surface area contributed by atoms with Crippen LogP contribution in [0.15, 0.2) is 42.5 Å². The molecule has 0 atom stereocenters. The van der Waals surface area contributed by atoms with Crippen LogP contribution in [0.5, 0.6) is 11.5 Å². The Hall–Kier alpha value is -2.84. The van der Waals surface area contributed by atoms with E-state index in [1.807, 2.05) is 6.92 Å². The zero-order valence-electron chi connectivity index (χ0n) is 17.7. The number of hydrazine groups is 1. The third kappa shape index (κ3) is 8.82. The number of nitrogens with one attached hydrogen (secondary N) is 3. The van der Waals surface area contributed by atoms with E-state index in [1.54, 1.807) is 42.5 Å². The van der Waals surface area contributed by atoms with Gasteiger partial charge < -0.3 is 9.47 Å². The van der Waals surface area contributed by atoms with E-state index >= 15 is 0 Å². The number of carbonyl (C=O) groups excluding carboxylic acids is 2. The standard InChI is InChI=1S/C22H26ClN3O4S/c1-14(2)9-10-29-17-6-4-5-16(12-17)21(28)24-22(31)26-25-20(27)13-30-18-7-8-19(23)15(3)11-18/h4-8,11-12,14H,9-10,13H2,1-3H3,(H,25,27)(H2,24,26,28,31). The first-order chi connectivity index (χ1) is 14.7. The second-order valence-electron chi connectivity index (χ2n) is 7.21. The molecule has 0 aliphatic carbocycles. The lowest BCUT2D eigenvalue weighted by molar-refractivity contribution is -0.123. The van der Waals surface area contributed by atoms with Gasteiger partial charge in [-0.2, -0.15) is 0 Å². The number of rotatable bonds is 8. The van der Waals surface area contributed by atoms with E-state index in [0.29, 0.717) is 34.6 Å². The molecule has 2 aromatic rings. The fourth-order valence-corrected chi connectivity index (χ4v) is 2.63. The average Bonchev–Trinajstić information content (AvgIpc) is 2.73. The van der Waals surface area contributed by atoms with E-state index in [4.69, 9.17) is 33.3 Å². The van der Waals surface area contributed by atoms with E-state index in [1.165, 1.54) is 0 Å². The second-order valence-corrected chi connectivity index (χ2v) is 8.03. The van der Waals surface area contributed by atoms with Crippen molar-refractivity contribution in [3.05, 3.63) is 58.6 Å².